The highest BCUT2D eigenvalue weighted by Gasteiger charge is 2.29. The molecule has 0 amide bonds. The van der Waals surface area contributed by atoms with Crippen LogP contribution in [0.4, 0.5) is 5.69 Å². The first-order valence-electron chi connectivity index (χ1n) is 5.70. The van der Waals surface area contributed by atoms with Gasteiger partial charge >= 0.3 is 0 Å². The monoisotopic (exact) mass is 280 g/mol. The van der Waals surface area contributed by atoms with Crippen LogP contribution in [0.15, 0.2) is 45.9 Å². The van der Waals surface area contributed by atoms with Gasteiger partial charge in [-0.15, -0.1) is 0 Å². The second-order valence-electron chi connectivity index (χ2n) is 4.55. The van der Waals surface area contributed by atoms with E-state index < -0.39 is 15.7 Å². The summed E-state index contributed by atoms with van der Waals surface area (Å²) >= 11 is 0. The molecule has 7 heteroatoms. The number of nitrogens with one attached hydrogen (secondary N) is 2. The van der Waals surface area contributed by atoms with Crippen molar-refractivity contribution in [3.05, 3.63) is 36.0 Å². The standard InChI is InChI=1S/C12H16N4O2S/c1-9-7-12(2,15-8-14-9)16-19(17,18)11-5-3-10(13)4-6-11/h3-8,16H,13H2,1-2H3,(H,14,15). The summed E-state index contributed by atoms with van der Waals surface area (Å²) < 4.78 is 27.1. The smallest absolute Gasteiger partial charge is 0.242 e. The molecular formula is C12H16N4O2S. The molecule has 0 bridgehead atoms. The number of nitrogen functional groups attached to an aromatic ring is 1. The summed E-state index contributed by atoms with van der Waals surface area (Å²) in [5.41, 5.74) is 5.90. The fourth-order valence-corrected chi connectivity index (χ4v) is 3.07. The number of anilines is 1. The van der Waals surface area contributed by atoms with Gasteiger partial charge in [0.2, 0.25) is 10.0 Å². The molecule has 1 aromatic carbocycles. The summed E-state index contributed by atoms with van der Waals surface area (Å²) in [5, 5.41) is 2.89. The SMILES string of the molecule is CC1=CC(C)(NS(=O)(=O)c2ccc(N)cc2)N=CN1. The van der Waals surface area contributed by atoms with Crippen LogP contribution in [0.3, 0.4) is 0 Å². The largest absolute Gasteiger partial charge is 0.399 e. The molecule has 2 rings (SSSR count). The summed E-state index contributed by atoms with van der Waals surface area (Å²) in [6.45, 7) is 3.52. The van der Waals surface area contributed by atoms with Gasteiger partial charge in [-0.3, -0.25) is 0 Å². The fourth-order valence-electron chi connectivity index (χ4n) is 1.80. The van der Waals surface area contributed by atoms with E-state index in [9.17, 15) is 8.42 Å². The molecule has 0 saturated carbocycles. The highest BCUT2D eigenvalue weighted by molar-refractivity contribution is 7.89. The first kappa shape index (κ1) is 13.6. The number of nitrogens with two attached hydrogens (primary N) is 1. The van der Waals surface area contributed by atoms with Crippen LogP contribution in [0.1, 0.15) is 13.8 Å². The van der Waals surface area contributed by atoms with Crippen molar-refractivity contribution in [3.63, 3.8) is 0 Å². The Hall–Kier alpha value is -1.86. The second-order valence-corrected chi connectivity index (χ2v) is 6.23. The summed E-state index contributed by atoms with van der Waals surface area (Å²) in [5.74, 6) is 0. The summed E-state index contributed by atoms with van der Waals surface area (Å²) in [6.07, 6.45) is 3.18. The van der Waals surface area contributed by atoms with E-state index in [1.165, 1.54) is 18.5 Å². The highest BCUT2D eigenvalue weighted by atomic mass is 32.2. The lowest BCUT2D eigenvalue weighted by atomic mass is 10.2. The fraction of sp³-hybridized carbons (Fsp3) is 0.250. The van der Waals surface area contributed by atoms with Gasteiger partial charge in [-0.1, -0.05) is 0 Å². The van der Waals surface area contributed by atoms with Crippen molar-refractivity contribution in [1.29, 1.82) is 0 Å². The van der Waals surface area contributed by atoms with Crippen LogP contribution in [0.25, 0.3) is 0 Å². The number of rotatable bonds is 3. The molecule has 0 saturated heterocycles. The van der Waals surface area contributed by atoms with Crippen LogP contribution in [-0.2, 0) is 10.0 Å². The number of allylic oxidation sites excluding steroid dienone is 1. The lowest BCUT2D eigenvalue weighted by Crippen LogP contribution is -2.45. The maximum Gasteiger partial charge on any atom is 0.242 e. The summed E-state index contributed by atoms with van der Waals surface area (Å²) in [6, 6.07) is 6.01. The van der Waals surface area contributed by atoms with Crippen molar-refractivity contribution in [2.24, 2.45) is 4.99 Å². The lowest BCUT2D eigenvalue weighted by molar-refractivity contribution is 0.508. The molecule has 102 valence electrons. The number of benzene rings is 1. The number of sulfonamides is 1. The Morgan fingerprint density at radius 3 is 2.53 bits per heavy atom. The van der Waals surface area contributed by atoms with Gasteiger partial charge in [0.05, 0.1) is 11.2 Å². The van der Waals surface area contributed by atoms with Crippen molar-refractivity contribution in [3.8, 4) is 0 Å². The zero-order valence-electron chi connectivity index (χ0n) is 10.7. The van der Waals surface area contributed by atoms with E-state index in [1.807, 2.05) is 6.92 Å². The van der Waals surface area contributed by atoms with Crippen molar-refractivity contribution in [2.75, 3.05) is 5.73 Å². The third kappa shape index (κ3) is 3.12. The molecule has 1 unspecified atom stereocenters. The predicted octanol–water partition coefficient (Wildman–Crippen LogP) is 0.799. The van der Waals surface area contributed by atoms with Crippen molar-refractivity contribution >= 4 is 22.0 Å². The first-order valence-corrected chi connectivity index (χ1v) is 7.18. The third-order valence-corrected chi connectivity index (χ3v) is 4.23. The molecular weight excluding hydrogens is 264 g/mol. The van der Waals surface area contributed by atoms with Crippen LogP contribution in [-0.4, -0.2) is 20.4 Å². The van der Waals surface area contributed by atoms with E-state index in [1.54, 1.807) is 25.1 Å². The van der Waals surface area contributed by atoms with Gasteiger partial charge in [0.25, 0.3) is 0 Å². The Kier molecular flexibility index (Phi) is 3.34. The van der Waals surface area contributed by atoms with E-state index in [4.69, 9.17) is 5.73 Å². The zero-order chi connectivity index (χ0) is 14.1. The predicted molar refractivity (Wildman–Crippen MR) is 75.0 cm³/mol. The average molecular weight is 280 g/mol. The Morgan fingerprint density at radius 2 is 1.95 bits per heavy atom. The van der Waals surface area contributed by atoms with E-state index in [0.717, 1.165) is 5.70 Å². The number of hydrogen-bond acceptors (Lipinski definition) is 5. The molecule has 0 aliphatic carbocycles. The average Bonchev–Trinajstić information content (AvgIpc) is 2.27. The molecule has 1 aliphatic rings. The molecule has 4 N–H and O–H groups in total. The topological polar surface area (TPSA) is 96.6 Å². The molecule has 0 aromatic heterocycles. The Labute approximate surface area is 112 Å². The van der Waals surface area contributed by atoms with E-state index in [-0.39, 0.29) is 4.90 Å². The Bertz CT molecular complexity index is 634. The Balaban J connectivity index is 2.29. The molecule has 1 atom stereocenters. The van der Waals surface area contributed by atoms with E-state index in [0.29, 0.717) is 5.69 Å². The van der Waals surface area contributed by atoms with Gasteiger partial charge in [-0.2, -0.15) is 4.72 Å². The summed E-state index contributed by atoms with van der Waals surface area (Å²) in [7, 11) is -3.65. The molecule has 6 nitrogen and oxygen atoms in total. The van der Waals surface area contributed by atoms with Gasteiger partial charge in [0.15, 0.2) is 0 Å². The highest BCUT2D eigenvalue weighted by Crippen LogP contribution is 2.18. The first-order chi connectivity index (χ1) is 8.81. The maximum absolute atomic E-state index is 12.2. The van der Waals surface area contributed by atoms with Crippen LogP contribution in [0.2, 0.25) is 0 Å². The Morgan fingerprint density at radius 1 is 1.32 bits per heavy atom. The number of aliphatic imine (C=N–C) groups is 1. The second kappa shape index (κ2) is 4.67. The van der Waals surface area contributed by atoms with Gasteiger partial charge in [-0.25, -0.2) is 13.4 Å². The van der Waals surface area contributed by atoms with Crippen molar-refractivity contribution in [1.82, 2.24) is 10.0 Å². The van der Waals surface area contributed by atoms with Crippen LogP contribution >= 0.6 is 0 Å². The lowest BCUT2D eigenvalue weighted by Gasteiger charge is -2.26. The molecule has 1 heterocycles. The molecule has 1 aliphatic heterocycles. The molecule has 1 aromatic rings. The molecule has 0 fully saturated rings. The summed E-state index contributed by atoms with van der Waals surface area (Å²) in [4.78, 5) is 4.27. The van der Waals surface area contributed by atoms with Crippen LogP contribution in [0.5, 0.6) is 0 Å². The molecule has 0 radical (unpaired) electrons. The van der Waals surface area contributed by atoms with Crippen molar-refractivity contribution < 1.29 is 8.42 Å². The zero-order valence-corrected chi connectivity index (χ0v) is 11.5. The van der Waals surface area contributed by atoms with Gasteiger partial charge in [0, 0.05) is 11.4 Å². The maximum atomic E-state index is 12.2. The van der Waals surface area contributed by atoms with Gasteiger partial charge in [0.1, 0.15) is 5.66 Å². The molecule has 0 spiro atoms. The van der Waals surface area contributed by atoms with Crippen LogP contribution < -0.4 is 15.8 Å². The van der Waals surface area contributed by atoms with Gasteiger partial charge in [-0.05, 0) is 44.2 Å². The normalized spacial score (nSPS) is 22.7. The van der Waals surface area contributed by atoms with Crippen molar-refractivity contribution in [2.45, 2.75) is 24.4 Å². The number of nitrogens with zero attached hydrogens (tertiary/aromatic N) is 1. The van der Waals surface area contributed by atoms with Gasteiger partial charge < -0.3 is 11.1 Å². The van der Waals surface area contributed by atoms with E-state index >= 15 is 0 Å². The minimum absolute atomic E-state index is 0.155. The minimum atomic E-state index is -3.65. The molecule has 19 heavy (non-hydrogen) atoms. The number of hydrogen-bond donors (Lipinski definition) is 3. The van der Waals surface area contributed by atoms with E-state index in [2.05, 4.69) is 15.0 Å². The van der Waals surface area contributed by atoms with Crippen LogP contribution in [0, 0.1) is 0 Å². The third-order valence-electron chi connectivity index (χ3n) is 2.65. The minimum Gasteiger partial charge on any atom is -0.399 e. The quantitative estimate of drug-likeness (QED) is 0.713.